The molecule has 2 aliphatic heterocycles. The van der Waals surface area contributed by atoms with Crippen molar-refractivity contribution in [3.05, 3.63) is 108 Å². The fourth-order valence-corrected chi connectivity index (χ4v) is 9.15. The maximum Gasteiger partial charge on any atom is 0.303 e. The van der Waals surface area contributed by atoms with Crippen molar-refractivity contribution in [2.24, 2.45) is 0 Å². The molecule has 5 rings (SSSR count). The van der Waals surface area contributed by atoms with Crippen molar-refractivity contribution in [2.75, 3.05) is 31.1 Å². The van der Waals surface area contributed by atoms with Gasteiger partial charge in [-0.25, -0.2) is 16.8 Å². The van der Waals surface area contributed by atoms with Gasteiger partial charge in [-0.1, -0.05) is 38.1 Å². The Morgan fingerprint density at radius 1 is 0.750 bits per heavy atom. The zero-order valence-corrected chi connectivity index (χ0v) is 37.5. The van der Waals surface area contributed by atoms with Crippen LogP contribution in [0.5, 0.6) is 0 Å². The summed E-state index contributed by atoms with van der Waals surface area (Å²) in [5.74, 6) is -0.874. The molecule has 0 amide bonds. The third-order valence-corrected chi connectivity index (χ3v) is 13.6. The number of hydrogen-bond acceptors (Lipinski definition) is 10. The number of aliphatic carboxylic acids is 1. The summed E-state index contributed by atoms with van der Waals surface area (Å²) >= 11 is 0. The number of carbonyl (C=O) groups is 1. The number of nitrogens with one attached hydrogen (secondary N) is 1. The first-order valence-corrected chi connectivity index (χ1v) is 24.0. The summed E-state index contributed by atoms with van der Waals surface area (Å²) < 4.78 is 107. The highest BCUT2D eigenvalue weighted by molar-refractivity contribution is 7.86. The lowest BCUT2D eigenvalue weighted by atomic mass is 9.81. The third-order valence-electron chi connectivity index (χ3n) is 11.1. The van der Waals surface area contributed by atoms with E-state index in [-0.39, 0.29) is 16.2 Å². The molecule has 0 aromatic heterocycles. The van der Waals surface area contributed by atoms with Crippen LogP contribution >= 0.6 is 0 Å². The topological polar surface area (TPSA) is 217 Å². The highest BCUT2D eigenvalue weighted by Crippen LogP contribution is 2.52. The third kappa shape index (κ3) is 11.1. The molecule has 2 aliphatic rings. The van der Waals surface area contributed by atoms with Crippen LogP contribution < -0.4 is 9.80 Å². The normalized spacial score (nSPS) is 16.8. The lowest BCUT2D eigenvalue weighted by Crippen LogP contribution is -3.11. The highest BCUT2D eigenvalue weighted by atomic mass is 32.2. The molecule has 0 bridgehead atoms. The molecule has 0 saturated heterocycles. The number of hydrogen-bond donors (Lipinski definition) is 3. The Hall–Kier alpha value is -4.49. The Labute approximate surface area is 354 Å². The van der Waals surface area contributed by atoms with Crippen LogP contribution in [-0.4, -0.2) is 86.5 Å². The second-order valence-electron chi connectivity index (χ2n) is 15.7. The van der Waals surface area contributed by atoms with E-state index >= 15 is 0 Å². The van der Waals surface area contributed by atoms with Gasteiger partial charge in [0.15, 0.2) is 5.71 Å². The smallest absolute Gasteiger partial charge is 0.303 e. The summed E-state index contributed by atoms with van der Waals surface area (Å²) in [5, 5.41) is 9.02. The van der Waals surface area contributed by atoms with E-state index in [2.05, 4.69) is 20.8 Å². The van der Waals surface area contributed by atoms with Gasteiger partial charge in [-0.05, 0) is 108 Å². The summed E-state index contributed by atoms with van der Waals surface area (Å²) in [4.78, 5) is 13.3. The number of carboxylic acids is 1. The number of carboxylic acid groups (broad SMARTS) is 1. The molecule has 0 atom stereocenters. The number of benzene rings is 3. The fourth-order valence-electron chi connectivity index (χ4n) is 7.64. The summed E-state index contributed by atoms with van der Waals surface area (Å²) in [7, 11) is -14.1. The average Bonchev–Trinajstić information content (AvgIpc) is 3.52. The van der Waals surface area contributed by atoms with Gasteiger partial charge in [0.1, 0.15) is 26.8 Å². The summed E-state index contributed by atoms with van der Waals surface area (Å²) in [6, 6.07) is 13.9. The molecule has 17 heteroatoms. The molecule has 326 valence electrons. The predicted molar refractivity (Wildman–Crippen MR) is 228 cm³/mol. The minimum Gasteiger partial charge on any atom is -0.744 e. The van der Waals surface area contributed by atoms with Crippen LogP contribution in [0.15, 0.2) is 111 Å². The van der Waals surface area contributed by atoms with Gasteiger partial charge < -0.3 is 24.0 Å². The van der Waals surface area contributed by atoms with E-state index in [1.54, 1.807) is 46.2 Å². The number of allylic oxidation sites excluding steroid dienone is 6. The highest BCUT2D eigenvalue weighted by Gasteiger charge is 2.45. The summed E-state index contributed by atoms with van der Waals surface area (Å²) in [6.45, 7) is 18.5. The van der Waals surface area contributed by atoms with Crippen LogP contribution in [0.25, 0.3) is 0 Å². The van der Waals surface area contributed by atoms with E-state index in [1.165, 1.54) is 68.2 Å². The minimum atomic E-state index is -4.79. The van der Waals surface area contributed by atoms with Crippen LogP contribution in [-0.2, 0) is 46.0 Å². The Bertz CT molecular complexity index is 2550. The van der Waals surface area contributed by atoms with Crippen molar-refractivity contribution < 1.29 is 58.3 Å². The number of unbranched alkanes of at least 4 members (excludes halogenated alkanes) is 2. The van der Waals surface area contributed by atoms with Crippen molar-refractivity contribution in [1.29, 1.82) is 0 Å². The SMILES string of the molecule is CC1(C)C(/C=C/C=C/C=C2/N(c3cccc(S(=O)(=O)O)c3)c3ccc(S(=O)(=O)[O-])cc3C2(C)C)=[N+](CCCCCC(=O)O)c2ccc(S(=O)(=O)[O-])cc21.CC[NH+](CC)CC. The Balaban J connectivity index is 0.00000104. The van der Waals surface area contributed by atoms with Crippen LogP contribution in [0.1, 0.15) is 85.3 Å². The lowest BCUT2D eigenvalue weighted by Gasteiger charge is -2.27. The van der Waals surface area contributed by atoms with Crippen molar-refractivity contribution in [1.82, 2.24) is 0 Å². The molecule has 2 heterocycles. The predicted octanol–water partition coefficient (Wildman–Crippen LogP) is 5.82. The lowest BCUT2D eigenvalue weighted by molar-refractivity contribution is -0.894. The van der Waals surface area contributed by atoms with E-state index in [1.807, 2.05) is 38.3 Å². The second-order valence-corrected chi connectivity index (χ2v) is 19.9. The maximum atomic E-state index is 12.0. The fraction of sp³-hybridized carbons (Fsp3) is 0.395. The monoisotopic (exact) mass is 885 g/mol. The number of quaternary nitrogens is 1. The van der Waals surface area contributed by atoms with Gasteiger partial charge in [0.25, 0.3) is 10.1 Å². The maximum absolute atomic E-state index is 12.0. The largest absolute Gasteiger partial charge is 0.744 e. The van der Waals surface area contributed by atoms with Crippen LogP contribution in [0.2, 0.25) is 0 Å². The zero-order chi connectivity index (χ0) is 44.8. The molecule has 14 nitrogen and oxygen atoms in total. The van der Waals surface area contributed by atoms with E-state index in [4.69, 9.17) is 5.11 Å². The van der Waals surface area contributed by atoms with E-state index in [9.17, 15) is 43.7 Å². The molecule has 0 fully saturated rings. The van der Waals surface area contributed by atoms with Crippen LogP contribution in [0.3, 0.4) is 0 Å². The first-order valence-electron chi connectivity index (χ1n) is 19.7. The zero-order valence-electron chi connectivity index (χ0n) is 35.0. The number of anilines is 2. The number of nitrogens with zero attached hydrogens (tertiary/aromatic N) is 2. The van der Waals surface area contributed by atoms with E-state index < -0.39 is 52.0 Å². The molecule has 0 saturated carbocycles. The van der Waals surface area contributed by atoms with Gasteiger partial charge in [-0.15, -0.1) is 0 Å². The van der Waals surface area contributed by atoms with Gasteiger partial charge in [0.2, 0.25) is 5.69 Å². The van der Waals surface area contributed by atoms with Crippen molar-refractivity contribution >= 4 is 59.1 Å². The Morgan fingerprint density at radius 2 is 1.35 bits per heavy atom. The Kier molecular flexibility index (Phi) is 15.3. The minimum absolute atomic E-state index is 0.0494. The number of fused-ring (bicyclic) bond motifs is 2. The van der Waals surface area contributed by atoms with Crippen molar-refractivity contribution in [3.63, 3.8) is 0 Å². The molecule has 3 aromatic rings. The van der Waals surface area contributed by atoms with Crippen molar-refractivity contribution in [3.8, 4) is 0 Å². The summed E-state index contributed by atoms with van der Waals surface area (Å²) in [5.41, 5.74) is 2.55. The Morgan fingerprint density at radius 3 is 1.90 bits per heavy atom. The van der Waals surface area contributed by atoms with Gasteiger partial charge >= 0.3 is 5.97 Å². The molecule has 0 radical (unpaired) electrons. The van der Waals surface area contributed by atoms with Gasteiger partial charge in [0, 0.05) is 47.3 Å². The molecule has 0 spiro atoms. The van der Waals surface area contributed by atoms with Gasteiger partial charge in [0.05, 0.1) is 45.4 Å². The quantitative estimate of drug-likeness (QED) is 0.0672. The first-order chi connectivity index (χ1) is 27.9. The average molecular weight is 886 g/mol. The van der Waals surface area contributed by atoms with Crippen molar-refractivity contribution in [2.45, 2.75) is 99.7 Å². The standard InChI is InChI=1S/C37H40N2O11S3.C6H15N/c1-36(2)29-23-27(52(45,46)47)17-19-31(29)38(21-10-6-9-16-35(40)41)33(36)14-7-5-8-15-34-37(3,4)30-24-28(53(48,49)50)18-20-32(30)39(34)25-12-11-13-26(22-25)51(42,43)44;1-4-7(5-2)6-3/h5,7-8,11-15,17-20,22-24H,6,9-10,16,21H2,1-4H3,(H3-,40,41,42,43,44,45,46,47,48,49,50);4-6H2,1-3H3. The van der Waals surface area contributed by atoms with E-state index in [0.717, 1.165) is 11.4 Å². The summed E-state index contributed by atoms with van der Waals surface area (Å²) in [6.07, 6.45) is 10.8. The molecular formula is C43H55N3O11S3. The molecule has 0 aliphatic carbocycles. The number of rotatable bonds is 16. The van der Waals surface area contributed by atoms with Gasteiger partial charge in [-0.2, -0.15) is 13.0 Å². The molecular weight excluding hydrogens is 831 g/mol. The second kappa shape index (κ2) is 19.1. The molecule has 3 aromatic carbocycles. The van der Waals surface area contributed by atoms with Gasteiger partial charge in [-0.3, -0.25) is 9.35 Å². The molecule has 3 N–H and O–H groups in total. The van der Waals surface area contributed by atoms with E-state index in [0.29, 0.717) is 54.0 Å². The molecule has 60 heavy (non-hydrogen) atoms. The first kappa shape index (κ1) is 48.2. The van der Waals surface area contributed by atoms with Crippen LogP contribution in [0, 0.1) is 0 Å². The molecule has 0 unspecified atom stereocenters. The van der Waals surface area contributed by atoms with Crippen LogP contribution in [0.4, 0.5) is 17.1 Å².